The Morgan fingerprint density at radius 1 is 1.18 bits per heavy atom. The topological polar surface area (TPSA) is 107 Å². The van der Waals surface area contributed by atoms with E-state index in [9.17, 15) is 23.3 Å². The quantitative estimate of drug-likeness (QED) is 0.362. The molecule has 0 amide bonds. The van der Waals surface area contributed by atoms with Crippen LogP contribution in [0.2, 0.25) is 5.02 Å². The van der Waals surface area contributed by atoms with Crippen molar-refractivity contribution in [3.63, 3.8) is 0 Å². The minimum atomic E-state index is -3.76. The smallest absolute Gasteiger partial charge is 0.340 e. The van der Waals surface area contributed by atoms with Crippen molar-refractivity contribution in [3.8, 4) is 0 Å². The summed E-state index contributed by atoms with van der Waals surface area (Å²) in [6.07, 6.45) is 0. The molecule has 0 aliphatic carbocycles. The summed E-state index contributed by atoms with van der Waals surface area (Å²) in [5, 5.41) is 10.9. The number of non-ortho nitro benzene ring substituents is 1. The first-order valence-corrected chi connectivity index (χ1v) is 10.2. The lowest BCUT2D eigenvalue weighted by Gasteiger charge is -2.19. The number of carbonyl (C=O) groups excluding carboxylic acids is 1. The lowest BCUT2D eigenvalue weighted by Crippen LogP contribution is -2.30. The third-order valence-corrected chi connectivity index (χ3v) is 6.37. The molecule has 0 saturated carbocycles. The van der Waals surface area contributed by atoms with Gasteiger partial charge in [-0.05, 0) is 23.8 Å². The fraction of sp³-hybridized carbons (Fsp3) is 0.278. The summed E-state index contributed by atoms with van der Waals surface area (Å²) >= 11 is 6.04. The number of nitrogens with zero attached hydrogens (tertiary/aromatic N) is 2. The Balaban J connectivity index is 2.24. The Kier molecular flexibility index (Phi) is 7.11. The van der Waals surface area contributed by atoms with E-state index in [-0.39, 0.29) is 40.9 Å². The molecule has 0 radical (unpaired) electrons. The van der Waals surface area contributed by atoms with E-state index < -0.39 is 20.9 Å². The van der Waals surface area contributed by atoms with Gasteiger partial charge in [-0.1, -0.05) is 37.6 Å². The monoisotopic (exact) mass is 426 g/mol. The Labute approximate surface area is 167 Å². The van der Waals surface area contributed by atoms with Crippen molar-refractivity contribution in [2.45, 2.75) is 25.3 Å². The largest absolute Gasteiger partial charge is 0.457 e. The molecule has 150 valence electrons. The second-order valence-electron chi connectivity index (χ2n) is 5.73. The molecule has 10 heteroatoms. The average molecular weight is 427 g/mol. The highest BCUT2D eigenvalue weighted by Gasteiger charge is 2.24. The van der Waals surface area contributed by atoms with Crippen molar-refractivity contribution in [1.29, 1.82) is 0 Å². The Morgan fingerprint density at radius 3 is 2.46 bits per heavy atom. The van der Waals surface area contributed by atoms with Crippen LogP contribution in [0.15, 0.2) is 47.4 Å². The van der Waals surface area contributed by atoms with Gasteiger partial charge in [-0.3, -0.25) is 10.1 Å². The van der Waals surface area contributed by atoms with Crippen LogP contribution in [0.25, 0.3) is 0 Å². The maximum atomic E-state index is 12.6. The van der Waals surface area contributed by atoms with Crippen molar-refractivity contribution >= 4 is 33.3 Å². The second kappa shape index (κ2) is 9.13. The van der Waals surface area contributed by atoms with E-state index in [0.29, 0.717) is 5.56 Å². The Hall–Kier alpha value is -2.49. The Morgan fingerprint density at radius 2 is 1.86 bits per heavy atom. The highest BCUT2D eigenvalue weighted by molar-refractivity contribution is 7.89. The summed E-state index contributed by atoms with van der Waals surface area (Å²) in [6, 6.07) is 9.48. The molecule has 0 aromatic heterocycles. The van der Waals surface area contributed by atoms with Gasteiger partial charge in [0.2, 0.25) is 10.0 Å². The van der Waals surface area contributed by atoms with Crippen LogP contribution in [0.1, 0.15) is 29.8 Å². The molecule has 0 bridgehead atoms. The third kappa shape index (κ3) is 4.86. The molecule has 0 saturated heterocycles. The van der Waals surface area contributed by atoms with Crippen molar-refractivity contribution in [2.24, 2.45) is 0 Å². The number of hydrogen-bond acceptors (Lipinski definition) is 6. The molecule has 0 spiro atoms. The van der Waals surface area contributed by atoms with Crippen LogP contribution in [-0.4, -0.2) is 36.7 Å². The number of nitro groups is 1. The van der Waals surface area contributed by atoms with Crippen molar-refractivity contribution in [3.05, 3.63) is 68.7 Å². The molecule has 28 heavy (non-hydrogen) atoms. The van der Waals surface area contributed by atoms with Gasteiger partial charge in [-0.15, -0.1) is 0 Å². The average Bonchev–Trinajstić information content (AvgIpc) is 2.67. The van der Waals surface area contributed by atoms with Gasteiger partial charge in [0.05, 0.1) is 20.4 Å². The molecule has 8 nitrogen and oxygen atoms in total. The number of carbonyl (C=O) groups is 1. The van der Waals surface area contributed by atoms with Crippen molar-refractivity contribution in [2.75, 3.05) is 13.1 Å². The number of halogens is 1. The van der Waals surface area contributed by atoms with Crippen LogP contribution in [0.4, 0.5) is 5.69 Å². The summed E-state index contributed by atoms with van der Waals surface area (Å²) in [7, 11) is -3.76. The van der Waals surface area contributed by atoms with Crippen LogP contribution in [0.3, 0.4) is 0 Å². The van der Waals surface area contributed by atoms with Crippen LogP contribution in [0.5, 0.6) is 0 Å². The fourth-order valence-corrected chi connectivity index (χ4v) is 4.20. The normalized spacial score (nSPS) is 11.4. The van der Waals surface area contributed by atoms with Crippen molar-refractivity contribution < 1.29 is 22.9 Å². The minimum absolute atomic E-state index is 0.0440. The molecule has 2 aromatic rings. The summed E-state index contributed by atoms with van der Waals surface area (Å²) in [4.78, 5) is 22.6. The summed E-state index contributed by atoms with van der Waals surface area (Å²) in [6.45, 7) is 3.78. The molecule has 0 unspecified atom stereocenters. The molecule has 0 fully saturated rings. The third-order valence-electron chi connectivity index (χ3n) is 3.99. The number of rotatable bonds is 8. The molecule has 2 aromatic carbocycles. The van der Waals surface area contributed by atoms with Gasteiger partial charge >= 0.3 is 5.97 Å². The zero-order valence-corrected chi connectivity index (χ0v) is 16.9. The zero-order chi connectivity index (χ0) is 20.9. The van der Waals surface area contributed by atoms with Crippen LogP contribution in [-0.2, 0) is 21.4 Å². The number of hydrogen-bond donors (Lipinski definition) is 0. The van der Waals surface area contributed by atoms with E-state index in [1.165, 1.54) is 40.7 Å². The van der Waals surface area contributed by atoms with Gasteiger partial charge in [0, 0.05) is 25.2 Å². The number of nitro benzene ring substituents is 1. The standard InChI is InChI=1S/C18H19ClN2O6S/c1-3-20(4-2)28(25,26)15-8-9-17(19)16(11-15)18(22)27-12-13-6-5-7-14(10-13)21(23)24/h5-11H,3-4,12H2,1-2H3. The summed E-state index contributed by atoms with van der Waals surface area (Å²) in [5.74, 6) is -0.826. The van der Waals surface area contributed by atoms with Gasteiger partial charge in [0.15, 0.2) is 0 Å². The van der Waals surface area contributed by atoms with E-state index in [4.69, 9.17) is 16.3 Å². The van der Waals surface area contributed by atoms with E-state index in [0.717, 1.165) is 0 Å². The van der Waals surface area contributed by atoms with E-state index >= 15 is 0 Å². The maximum absolute atomic E-state index is 12.6. The van der Waals surface area contributed by atoms with Gasteiger partial charge in [0.25, 0.3) is 5.69 Å². The van der Waals surface area contributed by atoms with Gasteiger partial charge in [-0.2, -0.15) is 4.31 Å². The highest BCUT2D eigenvalue weighted by atomic mass is 35.5. The molecule has 0 heterocycles. The summed E-state index contributed by atoms with van der Waals surface area (Å²) in [5.41, 5.74) is 0.199. The first-order valence-electron chi connectivity index (χ1n) is 8.40. The predicted molar refractivity (Wildman–Crippen MR) is 104 cm³/mol. The van der Waals surface area contributed by atoms with Crippen molar-refractivity contribution in [1.82, 2.24) is 4.31 Å². The lowest BCUT2D eigenvalue weighted by atomic mass is 10.2. The highest BCUT2D eigenvalue weighted by Crippen LogP contribution is 2.24. The lowest BCUT2D eigenvalue weighted by molar-refractivity contribution is -0.384. The fourth-order valence-electron chi connectivity index (χ4n) is 2.52. The van der Waals surface area contributed by atoms with Crippen LogP contribution >= 0.6 is 11.6 Å². The molecule has 0 N–H and O–H groups in total. The van der Waals surface area contributed by atoms with Gasteiger partial charge in [0.1, 0.15) is 6.61 Å². The number of sulfonamides is 1. The molecule has 0 aliphatic heterocycles. The van der Waals surface area contributed by atoms with Gasteiger partial charge in [-0.25, -0.2) is 13.2 Å². The SMILES string of the molecule is CCN(CC)S(=O)(=O)c1ccc(Cl)c(C(=O)OCc2cccc([N+](=O)[O-])c2)c1. The van der Waals surface area contributed by atoms with E-state index in [1.54, 1.807) is 19.9 Å². The zero-order valence-electron chi connectivity index (χ0n) is 15.3. The van der Waals surface area contributed by atoms with Crippen LogP contribution < -0.4 is 0 Å². The number of esters is 1. The van der Waals surface area contributed by atoms with Gasteiger partial charge < -0.3 is 4.74 Å². The first kappa shape index (κ1) is 21.8. The number of benzene rings is 2. The minimum Gasteiger partial charge on any atom is -0.457 e. The van der Waals surface area contributed by atoms with E-state index in [2.05, 4.69) is 0 Å². The van der Waals surface area contributed by atoms with Crippen LogP contribution in [0, 0.1) is 10.1 Å². The molecule has 2 rings (SSSR count). The molecular weight excluding hydrogens is 408 g/mol. The second-order valence-corrected chi connectivity index (χ2v) is 8.08. The molecule has 0 aliphatic rings. The number of ether oxygens (including phenoxy) is 1. The maximum Gasteiger partial charge on any atom is 0.340 e. The molecular formula is C18H19ClN2O6S. The van der Waals surface area contributed by atoms with E-state index in [1.807, 2.05) is 0 Å². The predicted octanol–water partition coefficient (Wildman–Crippen LogP) is 3.64. The summed E-state index contributed by atoms with van der Waals surface area (Å²) < 4.78 is 31.7. The Bertz CT molecular complexity index is 989. The first-order chi connectivity index (χ1) is 13.2. The molecule has 0 atom stereocenters.